The summed E-state index contributed by atoms with van der Waals surface area (Å²) in [6, 6.07) is 2.62. The summed E-state index contributed by atoms with van der Waals surface area (Å²) in [4.78, 5) is 0. The molecule has 0 spiro atoms. The summed E-state index contributed by atoms with van der Waals surface area (Å²) < 4.78 is 1.90. The molecule has 1 aromatic heterocycles. The van der Waals surface area contributed by atoms with Gasteiger partial charge in [-0.15, -0.1) is 0 Å². The Hall–Kier alpha value is -0.830. The van der Waals surface area contributed by atoms with Crippen molar-refractivity contribution in [3.8, 4) is 0 Å². The second-order valence-corrected chi connectivity index (χ2v) is 5.17. The van der Waals surface area contributed by atoms with Gasteiger partial charge in [0.2, 0.25) is 0 Å². The molecular formula is C12H19N3. The van der Waals surface area contributed by atoms with Crippen LogP contribution in [0.4, 0.5) is 0 Å². The second-order valence-electron chi connectivity index (χ2n) is 5.17. The van der Waals surface area contributed by atoms with Crippen LogP contribution in [0.3, 0.4) is 0 Å². The lowest BCUT2D eigenvalue weighted by molar-refractivity contribution is 0.351. The second kappa shape index (κ2) is 3.34. The average Bonchev–Trinajstić information content (AvgIpc) is 2.63. The van der Waals surface area contributed by atoms with Crippen molar-refractivity contribution >= 4 is 0 Å². The standard InChI is InChI=1S/C12H19N3/c1-13-12(11-3-4-15(2)14-11)10-6-8-5-9(8)7-10/h3-4,8-10,12-13H,5-7H2,1-2H3. The first-order chi connectivity index (χ1) is 7.28. The third-order valence-corrected chi connectivity index (χ3v) is 4.12. The molecule has 2 fully saturated rings. The monoisotopic (exact) mass is 205 g/mol. The molecule has 0 bridgehead atoms. The Bertz CT molecular complexity index is 348. The number of fused-ring (bicyclic) bond motifs is 1. The zero-order valence-electron chi connectivity index (χ0n) is 9.48. The summed E-state index contributed by atoms with van der Waals surface area (Å²) in [5.74, 6) is 2.91. The van der Waals surface area contributed by atoms with Crippen molar-refractivity contribution in [3.63, 3.8) is 0 Å². The zero-order chi connectivity index (χ0) is 10.4. The molecule has 2 saturated carbocycles. The van der Waals surface area contributed by atoms with Crippen LogP contribution in [0.15, 0.2) is 12.3 Å². The molecule has 2 aliphatic rings. The number of aromatic nitrogens is 2. The fourth-order valence-electron chi connectivity index (χ4n) is 3.26. The number of aryl methyl sites for hydroxylation is 1. The maximum atomic E-state index is 4.52. The predicted molar refractivity (Wildman–Crippen MR) is 59.3 cm³/mol. The minimum atomic E-state index is 0.471. The van der Waals surface area contributed by atoms with Crippen molar-refractivity contribution in [3.05, 3.63) is 18.0 Å². The Kier molecular flexibility index (Phi) is 2.09. The van der Waals surface area contributed by atoms with Gasteiger partial charge in [0.25, 0.3) is 0 Å². The predicted octanol–water partition coefficient (Wildman–Crippen LogP) is 1.73. The molecular weight excluding hydrogens is 186 g/mol. The molecule has 0 aromatic carbocycles. The molecule has 82 valence electrons. The van der Waals surface area contributed by atoms with Crippen LogP contribution >= 0.6 is 0 Å². The van der Waals surface area contributed by atoms with Crippen molar-refractivity contribution in [1.82, 2.24) is 15.1 Å². The SMILES string of the molecule is CNC(c1ccn(C)n1)C1CC2CC2C1. The first-order valence-electron chi connectivity index (χ1n) is 5.94. The normalized spacial score (nSPS) is 35.2. The molecule has 0 radical (unpaired) electrons. The molecule has 15 heavy (non-hydrogen) atoms. The summed E-state index contributed by atoms with van der Waals surface area (Å²) in [6.07, 6.45) is 6.35. The highest BCUT2D eigenvalue weighted by Crippen LogP contribution is 2.56. The summed E-state index contributed by atoms with van der Waals surface area (Å²) in [6.45, 7) is 0. The number of rotatable bonds is 3. The van der Waals surface area contributed by atoms with E-state index in [0.717, 1.165) is 17.8 Å². The van der Waals surface area contributed by atoms with Gasteiger partial charge in [-0.1, -0.05) is 0 Å². The topological polar surface area (TPSA) is 29.9 Å². The number of nitrogens with zero attached hydrogens (tertiary/aromatic N) is 2. The summed E-state index contributed by atoms with van der Waals surface area (Å²) in [5, 5.41) is 7.96. The molecule has 3 heteroatoms. The van der Waals surface area contributed by atoms with Gasteiger partial charge < -0.3 is 5.32 Å². The van der Waals surface area contributed by atoms with Gasteiger partial charge in [0.1, 0.15) is 0 Å². The molecule has 1 heterocycles. The van der Waals surface area contributed by atoms with Crippen LogP contribution < -0.4 is 5.32 Å². The van der Waals surface area contributed by atoms with Crippen LogP contribution in [0, 0.1) is 17.8 Å². The minimum absolute atomic E-state index is 0.471. The number of hydrogen-bond acceptors (Lipinski definition) is 2. The maximum Gasteiger partial charge on any atom is 0.0796 e. The van der Waals surface area contributed by atoms with Crippen LogP contribution in [0.2, 0.25) is 0 Å². The maximum absolute atomic E-state index is 4.52. The van der Waals surface area contributed by atoms with E-state index in [1.54, 1.807) is 0 Å². The van der Waals surface area contributed by atoms with Gasteiger partial charge in [-0.05, 0) is 50.1 Å². The van der Waals surface area contributed by atoms with E-state index >= 15 is 0 Å². The summed E-state index contributed by atoms with van der Waals surface area (Å²) in [5.41, 5.74) is 1.21. The van der Waals surface area contributed by atoms with Gasteiger partial charge in [0, 0.05) is 13.2 Å². The van der Waals surface area contributed by atoms with Crippen molar-refractivity contribution in [2.24, 2.45) is 24.8 Å². The summed E-state index contributed by atoms with van der Waals surface area (Å²) in [7, 11) is 4.05. The zero-order valence-corrected chi connectivity index (χ0v) is 9.48. The Morgan fingerprint density at radius 2 is 2.13 bits per heavy atom. The number of hydrogen-bond donors (Lipinski definition) is 1. The third-order valence-electron chi connectivity index (χ3n) is 4.12. The average molecular weight is 205 g/mol. The lowest BCUT2D eigenvalue weighted by Gasteiger charge is -2.22. The van der Waals surface area contributed by atoms with E-state index in [-0.39, 0.29) is 0 Å². The van der Waals surface area contributed by atoms with Gasteiger partial charge in [-0.3, -0.25) is 4.68 Å². The van der Waals surface area contributed by atoms with Crippen LogP contribution in [0.5, 0.6) is 0 Å². The molecule has 3 atom stereocenters. The van der Waals surface area contributed by atoms with Gasteiger partial charge in [-0.2, -0.15) is 5.10 Å². The third kappa shape index (κ3) is 1.59. The van der Waals surface area contributed by atoms with Gasteiger partial charge in [0.15, 0.2) is 0 Å². The quantitative estimate of drug-likeness (QED) is 0.814. The molecule has 0 saturated heterocycles. The lowest BCUT2D eigenvalue weighted by Crippen LogP contribution is -2.25. The van der Waals surface area contributed by atoms with E-state index in [0.29, 0.717) is 6.04 Å². The van der Waals surface area contributed by atoms with Crippen LogP contribution in [0.25, 0.3) is 0 Å². The number of nitrogens with one attached hydrogen (secondary N) is 1. The van der Waals surface area contributed by atoms with E-state index in [4.69, 9.17) is 0 Å². The lowest BCUT2D eigenvalue weighted by atomic mass is 9.92. The van der Waals surface area contributed by atoms with Crippen molar-refractivity contribution in [2.75, 3.05) is 7.05 Å². The Morgan fingerprint density at radius 1 is 1.40 bits per heavy atom. The smallest absolute Gasteiger partial charge is 0.0796 e. The Balaban J connectivity index is 1.76. The van der Waals surface area contributed by atoms with E-state index in [2.05, 4.69) is 23.5 Å². The highest BCUT2D eigenvalue weighted by Gasteiger charge is 2.48. The molecule has 3 nitrogen and oxygen atoms in total. The first-order valence-corrected chi connectivity index (χ1v) is 5.94. The molecule has 0 amide bonds. The highest BCUT2D eigenvalue weighted by atomic mass is 15.3. The molecule has 3 rings (SSSR count). The van der Waals surface area contributed by atoms with Crippen LogP contribution in [-0.4, -0.2) is 16.8 Å². The van der Waals surface area contributed by atoms with Gasteiger partial charge in [-0.25, -0.2) is 0 Å². The van der Waals surface area contributed by atoms with Crippen molar-refractivity contribution in [1.29, 1.82) is 0 Å². The molecule has 1 N–H and O–H groups in total. The van der Waals surface area contributed by atoms with E-state index < -0.39 is 0 Å². The minimum Gasteiger partial charge on any atom is -0.311 e. The van der Waals surface area contributed by atoms with Crippen molar-refractivity contribution < 1.29 is 0 Å². The Labute approximate surface area is 90.9 Å². The van der Waals surface area contributed by atoms with Crippen LogP contribution in [0.1, 0.15) is 31.0 Å². The largest absolute Gasteiger partial charge is 0.311 e. The fourth-order valence-corrected chi connectivity index (χ4v) is 3.26. The first kappa shape index (κ1) is 9.40. The van der Waals surface area contributed by atoms with E-state index in [9.17, 15) is 0 Å². The highest BCUT2D eigenvalue weighted by molar-refractivity contribution is 5.10. The Morgan fingerprint density at radius 3 is 2.67 bits per heavy atom. The summed E-state index contributed by atoms with van der Waals surface area (Å²) >= 11 is 0. The molecule has 0 aliphatic heterocycles. The van der Waals surface area contributed by atoms with Gasteiger partial charge >= 0.3 is 0 Å². The molecule has 1 aromatic rings. The van der Waals surface area contributed by atoms with Gasteiger partial charge in [0.05, 0.1) is 11.7 Å². The van der Waals surface area contributed by atoms with E-state index in [1.165, 1.54) is 25.0 Å². The van der Waals surface area contributed by atoms with Crippen LogP contribution in [-0.2, 0) is 7.05 Å². The van der Waals surface area contributed by atoms with Crippen molar-refractivity contribution in [2.45, 2.75) is 25.3 Å². The molecule has 3 unspecified atom stereocenters. The fraction of sp³-hybridized carbons (Fsp3) is 0.750. The van der Waals surface area contributed by atoms with E-state index in [1.807, 2.05) is 17.9 Å². The molecule has 2 aliphatic carbocycles.